The molecule has 0 radical (unpaired) electrons. The Kier molecular flexibility index (Phi) is 4.74. The summed E-state index contributed by atoms with van der Waals surface area (Å²) >= 11 is 5.63. The van der Waals surface area contributed by atoms with Crippen LogP contribution in [0, 0.1) is 5.82 Å². The molecule has 124 valence electrons. The van der Waals surface area contributed by atoms with Gasteiger partial charge in [-0.15, -0.1) is 0 Å². The lowest BCUT2D eigenvalue weighted by Gasteiger charge is -2.10. The minimum atomic E-state index is -4.63. The summed E-state index contributed by atoms with van der Waals surface area (Å²) in [7, 11) is 0.735. The molecular formula is C12H5Cl2F4NO3S. The van der Waals surface area contributed by atoms with E-state index in [1.54, 1.807) is 0 Å². The Hall–Kier alpha value is -1.58. The van der Waals surface area contributed by atoms with Gasteiger partial charge in [-0.2, -0.15) is 13.2 Å². The summed E-state index contributed by atoms with van der Waals surface area (Å²) in [6.45, 7) is 0. The number of alkyl halides is 3. The van der Waals surface area contributed by atoms with Crippen LogP contribution < -0.4 is 4.74 Å². The average Bonchev–Trinajstić information content (AvgIpc) is 2.38. The van der Waals surface area contributed by atoms with E-state index in [4.69, 9.17) is 27.0 Å². The van der Waals surface area contributed by atoms with E-state index in [0.29, 0.717) is 18.3 Å². The number of halogens is 6. The van der Waals surface area contributed by atoms with E-state index in [1.165, 1.54) is 0 Å². The zero-order valence-corrected chi connectivity index (χ0v) is 13.1. The highest BCUT2D eigenvalue weighted by Crippen LogP contribution is 2.35. The van der Waals surface area contributed by atoms with Crippen molar-refractivity contribution in [3.63, 3.8) is 0 Å². The van der Waals surface area contributed by atoms with Crippen molar-refractivity contribution in [1.82, 2.24) is 4.98 Å². The minimum absolute atomic E-state index is 0.222. The third-order valence-electron chi connectivity index (χ3n) is 2.52. The number of nitrogens with zero attached hydrogens (tertiary/aromatic N) is 1. The smallest absolute Gasteiger partial charge is 0.417 e. The Morgan fingerprint density at radius 2 is 1.83 bits per heavy atom. The van der Waals surface area contributed by atoms with Gasteiger partial charge in [0.2, 0.25) is 5.88 Å². The summed E-state index contributed by atoms with van der Waals surface area (Å²) in [6.07, 6.45) is -4.13. The van der Waals surface area contributed by atoms with Gasteiger partial charge in [-0.05, 0) is 18.2 Å². The summed E-state index contributed by atoms with van der Waals surface area (Å²) in [4.78, 5) is 2.63. The number of pyridine rings is 1. The van der Waals surface area contributed by atoms with E-state index in [-0.39, 0.29) is 5.75 Å². The van der Waals surface area contributed by atoms with Crippen LogP contribution in [0.25, 0.3) is 0 Å². The van der Waals surface area contributed by atoms with Gasteiger partial charge in [-0.1, -0.05) is 11.6 Å². The highest BCUT2D eigenvalue weighted by atomic mass is 35.7. The first-order valence-electron chi connectivity index (χ1n) is 5.63. The summed E-state index contributed by atoms with van der Waals surface area (Å²) in [6, 6.07) is 3.17. The Bertz CT molecular complexity index is 856. The van der Waals surface area contributed by atoms with E-state index in [0.717, 1.165) is 12.1 Å². The summed E-state index contributed by atoms with van der Waals surface area (Å²) in [5.74, 6) is -1.82. The summed E-state index contributed by atoms with van der Waals surface area (Å²) < 4.78 is 78.2. The van der Waals surface area contributed by atoms with Gasteiger partial charge in [-0.25, -0.2) is 17.8 Å². The zero-order chi connectivity index (χ0) is 17.4. The predicted molar refractivity (Wildman–Crippen MR) is 73.8 cm³/mol. The molecule has 2 rings (SSSR count). The Morgan fingerprint density at radius 1 is 1.17 bits per heavy atom. The zero-order valence-electron chi connectivity index (χ0n) is 10.7. The molecular weight excluding hydrogens is 385 g/mol. The highest BCUT2D eigenvalue weighted by Gasteiger charge is 2.31. The third-order valence-corrected chi connectivity index (χ3v) is 4.14. The SMILES string of the molecule is O=S(=O)(Cl)c1ccc(Oc2ncc(C(F)(F)F)cc2Cl)cc1F. The second kappa shape index (κ2) is 6.14. The van der Waals surface area contributed by atoms with Gasteiger partial charge >= 0.3 is 6.18 Å². The predicted octanol–water partition coefficient (Wildman–Crippen LogP) is 4.61. The van der Waals surface area contributed by atoms with E-state index in [1.807, 2.05) is 0 Å². The maximum Gasteiger partial charge on any atom is 0.417 e. The first kappa shape index (κ1) is 17.8. The Balaban J connectivity index is 2.32. The van der Waals surface area contributed by atoms with Crippen molar-refractivity contribution in [2.75, 3.05) is 0 Å². The van der Waals surface area contributed by atoms with Gasteiger partial charge in [0.25, 0.3) is 9.05 Å². The number of benzene rings is 1. The quantitative estimate of drug-likeness (QED) is 0.567. The molecule has 0 N–H and O–H groups in total. The molecule has 0 unspecified atom stereocenters. The van der Waals surface area contributed by atoms with Crippen molar-refractivity contribution in [3.8, 4) is 11.6 Å². The van der Waals surface area contributed by atoms with Crippen molar-refractivity contribution in [1.29, 1.82) is 0 Å². The lowest BCUT2D eigenvalue weighted by atomic mass is 10.3. The molecule has 1 aromatic carbocycles. The maximum atomic E-state index is 13.6. The summed E-state index contributed by atoms with van der Waals surface area (Å²) in [5.41, 5.74) is -1.08. The van der Waals surface area contributed by atoms with Gasteiger partial charge in [-0.3, -0.25) is 0 Å². The number of aromatic nitrogens is 1. The topological polar surface area (TPSA) is 56.3 Å². The molecule has 0 aliphatic carbocycles. The first-order chi connectivity index (χ1) is 10.5. The minimum Gasteiger partial charge on any atom is -0.437 e. The standard InChI is InChI=1S/C12H5Cl2F4NO3S/c13-8-3-6(12(16,17)18)5-19-11(8)22-7-1-2-10(9(15)4-7)23(14,20)21/h1-5H. The molecule has 0 aliphatic rings. The van der Waals surface area contributed by atoms with Crippen molar-refractivity contribution < 1.29 is 30.7 Å². The van der Waals surface area contributed by atoms with Gasteiger partial charge in [0.15, 0.2) is 0 Å². The Labute approximate surface area is 137 Å². The second-order valence-electron chi connectivity index (χ2n) is 4.14. The van der Waals surface area contributed by atoms with Crippen LogP contribution in [0.4, 0.5) is 17.6 Å². The fourth-order valence-corrected chi connectivity index (χ4v) is 2.61. The highest BCUT2D eigenvalue weighted by molar-refractivity contribution is 8.13. The molecule has 0 fully saturated rings. The van der Waals surface area contributed by atoms with Crippen LogP contribution in [0.1, 0.15) is 5.56 Å². The lowest BCUT2D eigenvalue weighted by Crippen LogP contribution is -2.05. The number of hydrogen-bond acceptors (Lipinski definition) is 4. The van der Waals surface area contributed by atoms with Crippen molar-refractivity contribution in [2.24, 2.45) is 0 Å². The van der Waals surface area contributed by atoms with Crippen LogP contribution in [0.5, 0.6) is 11.6 Å². The van der Waals surface area contributed by atoms with E-state index in [9.17, 15) is 26.0 Å². The molecule has 0 saturated heterocycles. The van der Waals surface area contributed by atoms with Crippen LogP contribution in [0.2, 0.25) is 5.02 Å². The second-order valence-corrected chi connectivity index (χ2v) is 7.08. The van der Waals surface area contributed by atoms with Gasteiger partial charge in [0.1, 0.15) is 21.5 Å². The molecule has 11 heteroatoms. The number of hydrogen-bond donors (Lipinski definition) is 0. The first-order valence-corrected chi connectivity index (χ1v) is 8.32. The third kappa shape index (κ3) is 4.24. The molecule has 0 amide bonds. The maximum absolute atomic E-state index is 13.6. The van der Waals surface area contributed by atoms with E-state index in [2.05, 4.69) is 4.98 Å². The molecule has 0 atom stereocenters. The molecule has 0 bridgehead atoms. The van der Waals surface area contributed by atoms with Crippen LogP contribution in [0.15, 0.2) is 35.4 Å². The van der Waals surface area contributed by atoms with E-state index >= 15 is 0 Å². The largest absolute Gasteiger partial charge is 0.437 e. The van der Waals surface area contributed by atoms with Crippen molar-refractivity contribution in [2.45, 2.75) is 11.1 Å². The normalized spacial score (nSPS) is 12.3. The van der Waals surface area contributed by atoms with Crippen LogP contribution in [-0.2, 0) is 15.2 Å². The van der Waals surface area contributed by atoms with Gasteiger partial charge in [0.05, 0.1) is 5.56 Å². The monoisotopic (exact) mass is 389 g/mol. The number of ether oxygens (including phenoxy) is 1. The molecule has 0 spiro atoms. The fourth-order valence-electron chi connectivity index (χ4n) is 1.51. The average molecular weight is 390 g/mol. The summed E-state index contributed by atoms with van der Waals surface area (Å²) in [5, 5.41) is -0.450. The van der Waals surface area contributed by atoms with Crippen LogP contribution in [0.3, 0.4) is 0 Å². The molecule has 0 aliphatic heterocycles. The molecule has 23 heavy (non-hydrogen) atoms. The fraction of sp³-hybridized carbons (Fsp3) is 0.0833. The Morgan fingerprint density at radius 3 is 2.30 bits per heavy atom. The van der Waals surface area contributed by atoms with Crippen molar-refractivity contribution >= 4 is 31.3 Å². The van der Waals surface area contributed by atoms with Crippen LogP contribution >= 0.6 is 22.3 Å². The van der Waals surface area contributed by atoms with E-state index < -0.39 is 42.4 Å². The molecule has 1 aromatic heterocycles. The van der Waals surface area contributed by atoms with Gasteiger partial charge in [0, 0.05) is 22.9 Å². The lowest BCUT2D eigenvalue weighted by molar-refractivity contribution is -0.137. The van der Waals surface area contributed by atoms with Crippen molar-refractivity contribution in [3.05, 3.63) is 46.9 Å². The molecule has 1 heterocycles. The van der Waals surface area contributed by atoms with Gasteiger partial charge < -0.3 is 4.74 Å². The number of rotatable bonds is 3. The van der Waals surface area contributed by atoms with Crippen LogP contribution in [-0.4, -0.2) is 13.4 Å². The molecule has 0 saturated carbocycles. The molecule has 2 aromatic rings. The molecule has 4 nitrogen and oxygen atoms in total.